The van der Waals surface area contributed by atoms with Gasteiger partial charge in [0.2, 0.25) is 5.91 Å². The summed E-state index contributed by atoms with van der Waals surface area (Å²) in [5, 5.41) is 0.786. The van der Waals surface area contributed by atoms with Crippen molar-refractivity contribution in [1.29, 1.82) is 0 Å². The molecule has 0 unspecified atom stereocenters. The van der Waals surface area contributed by atoms with Crippen LogP contribution < -0.4 is 4.74 Å². The Morgan fingerprint density at radius 1 is 1.32 bits per heavy atom. The van der Waals surface area contributed by atoms with Crippen molar-refractivity contribution in [3.8, 4) is 5.75 Å². The molecule has 146 valence electrons. The second-order valence-electron chi connectivity index (χ2n) is 7.02. The van der Waals surface area contributed by atoms with Gasteiger partial charge in [0.1, 0.15) is 16.7 Å². The van der Waals surface area contributed by atoms with Crippen LogP contribution in [0.3, 0.4) is 0 Å². The second-order valence-corrected chi connectivity index (χ2v) is 8.94. The van der Waals surface area contributed by atoms with Gasteiger partial charge in [-0.2, -0.15) is 0 Å². The number of aromatic nitrogens is 1. The second kappa shape index (κ2) is 8.05. The molecule has 3 rings (SSSR count). The molecule has 0 N–H and O–H groups in total. The maximum atomic E-state index is 13.3. The molecule has 2 aromatic carbocycles. The lowest BCUT2D eigenvalue weighted by atomic mass is 9.71. The predicted molar refractivity (Wildman–Crippen MR) is 119 cm³/mol. The number of carbonyl (C=O) groups excluding carboxylic acids is 1. The molecule has 28 heavy (non-hydrogen) atoms. The Morgan fingerprint density at radius 3 is 2.61 bits per heavy atom. The van der Waals surface area contributed by atoms with E-state index in [-0.39, 0.29) is 5.91 Å². The van der Waals surface area contributed by atoms with Crippen molar-refractivity contribution in [2.75, 3.05) is 21.2 Å². The summed E-state index contributed by atoms with van der Waals surface area (Å²) in [7, 11) is 5.18. The predicted octanol–water partition coefficient (Wildman–Crippen LogP) is 5.38. The van der Waals surface area contributed by atoms with Crippen LogP contribution in [0.15, 0.2) is 59.6 Å². The van der Waals surface area contributed by atoms with Gasteiger partial charge in [-0.15, -0.1) is 17.9 Å². The number of benzene rings is 2. The third-order valence-corrected chi connectivity index (χ3v) is 6.76. The van der Waals surface area contributed by atoms with E-state index in [0.717, 1.165) is 31.0 Å². The summed E-state index contributed by atoms with van der Waals surface area (Å²) in [5.74, 6) is 0.247. The highest BCUT2D eigenvalue weighted by atomic mass is 79.9. The van der Waals surface area contributed by atoms with E-state index in [1.165, 1.54) is 0 Å². The molecule has 0 aliphatic heterocycles. The average Bonchev–Trinajstić information content (AvgIpc) is 3.10. The van der Waals surface area contributed by atoms with Gasteiger partial charge in [-0.25, -0.2) is 4.98 Å². The minimum Gasteiger partial charge on any atom is -0.496 e. The van der Waals surface area contributed by atoms with Crippen LogP contribution in [0.5, 0.6) is 5.75 Å². The molecule has 6 heteroatoms. The van der Waals surface area contributed by atoms with Crippen molar-refractivity contribution in [2.24, 2.45) is 0 Å². The summed E-state index contributed by atoms with van der Waals surface area (Å²) < 4.78 is 7.26. The molecular weight excluding hydrogens is 436 g/mol. The molecule has 4 nitrogen and oxygen atoms in total. The van der Waals surface area contributed by atoms with Gasteiger partial charge in [0.15, 0.2) is 0 Å². The zero-order valence-corrected chi connectivity index (χ0v) is 18.8. The van der Waals surface area contributed by atoms with Crippen LogP contribution in [0.25, 0.3) is 10.2 Å². The van der Waals surface area contributed by atoms with Gasteiger partial charge in [0.05, 0.1) is 21.8 Å². The molecule has 0 saturated heterocycles. The van der Waals surface area contributed by atoms with Crippen molar-refractivity contribution >= 4 is 43.4 Å². The van der Waals surface area contributed by atoms with E-state index in [4.69, 9.17) is 9.72 Å². The zero-order chi connectivity index (χ0) is 20.5. The lowest BCUT2D eigenvalue weighted by Crippen LogP contribution is -2.40. The Hall–Kier alpha value is -2.18. The monoisotopic (exact) mass is 458 g/mol. The van der Waals surface area contributed by atoms with E-state index in [1.807, 2.05) is 55.5 Å². The van der Waals surface area contributed by atoms with Gasteiger partial charge in [0, 0.05) is 19.5 Å². The molecule has 0 aliphatic carbocycles. The number of fused-ring (bicyclic) bond motifs is 1. The molecule has 3 aromatic rings. The van der Waals surface area contributed by atoms with Gasteiger partial charge >= 0.3 is 0 Å². The lowest BCUT2D eigenvalue weighted by Gasteiger charge is -2.35. The number of para-hydroxylation sites is 1. The maximum absolute atomic E-state index is 13.3. The highest BCUT2D eigenvalue weighted by molar-refractivity contribution is 9.10. The fourth-order valence-electron chi connectivity index (χ4n) is 3.29. The molecule has 2 atom stereocenters. The molecule has 0 aliphatic rings. The zero-order valence-electron chi connectivity index (χ0n) is 16.4. The number of hydrogen-bond acceptors (Lipinski definition) is 4. The lowest BCUT2D eigenvalue weighted by molar-refractivity contribution is -0.131. The van der Waals surface area contributed by atoms with Crippen molar-refractivity contribution in [1.82, 2.24) is 9.88 Å². The third kappa shape index (κ3) is 3.59. The Kier molecular flexibility index (Phi) is 5.91. The minimum atomic E-state index is -0.649. The minimum absolute atomic E-state index is 0.00611. The maximum Gasteiger partial charge on any atom is 0.233 e. The summed E-state index contributed by atoms with van der Waals surface area (Å²) in [5.41, 5.74) is 1.22. The number of likely N-dealkylation sites (N-methyl/N-ethyl adjacent to an activating group) is 1. The summed E-state index contributed by atoms with van der Waals surface area (Å²) in [6.45, 7) is 6.12. The van der Waals surface area contributed by atoms with Crippen LogP contribution in [0.4, 0.5) is 0 Å². The highest BCUT2D eigenvalue weighted by Crippen LogP contribution is 2.45. The van der Waals surface area contributed by atoms with E-state index in [1.54, 1.807) is 37.4 Å². The van der Waals surface area contributed by atoms with Gasteiger partial charge in [-0.1, -0.05) is 31.2 Å². The number of carbonyl (C=O) groups is 1. The number of ether oxygens (including phenoxy) is 1. The van der Waals surface area contributed by atoms with Crippen LogP contribution in [-0.4, -0.2) is 37.0 Å². The molecule has 0 radical (unpaired) electrons. The number of rotatable bonds is 6. The van der Waals surface area contributed by atoms with Crippen molar-refractivity contribution in [3.63, 3.8) is 0 Å². The van der Waals surface area contributed by atoms with Gasteiger partial charge < -0.3 is 9.64 Å². The SMILES string of the molecule is C=C[C@@](C)(c1ccc(OC)c(Br)c1)[C@@H](C(=O)N(C)C)c1nc2ccccc2s1. The van der Waals surface area contributed by atoms with Crippen LogP contribution >= 0.6 is 27.3 Å². The smallest absolute Gasteiger partial charge is 0.233 e. The highest BCUT2D eigenvalue weighted by Gasteiger charge is 2.42. The van der Waals surface area contributed by atoms with E-state index < -0.39 is 11.3 Å². The number of amides is 1. The fourth-order valence-corrected chi connectivity index (χ4v) is 5.03. The first-order chi connectivity index (χ1) is 13.3. The van der Waals surface area contributed by atoms with Gasteiger partial charge in [0.25, 0.3) is 0 Å². The Balaban J connectivity index is 2.20. The first-order valence-electron chi connectivity index (χ1n) is 8.86. The van der Waals surface area contributed by atoms with Gasteiger partial charge in [-0.3, -0.25) is 4.79 Å². The van der Waals surface area contributed by atoms with Gasteiger partial charge in [-0.05, 0) is 45.8 Å². The summed E-state index contributed by atoms with van der Waals surface area (Å²) >= 11 is 5.12. The molecule has 1 aromatic heterocycles. The largest absolute Gasteiger partial charge is 0.496 e. The molecule has 1 amide bonds. The van der Waals surface area contributed by atoms with Crippen LogP contribution in [0, 0.1) is 0 Å². The molecule has 1 heterocycles. The Bertz CT molecular complexity index is 997. The van der Waals surface area contributed by atoms with Crippen molar-refractivity contribution in [2.45, 2.75) is 18.3 Å². The molecule has 0 spiro atoms. The van der Waals surface area contributed by atoms with Crippen molar-refractivity contribution < 1.29 is 9.53 Å². The quantitative estimate of drug-likeness (QED) is 0.465. The first kappa shape index (κ1) is 20.6. The Morgan fingerprint density at radius 2 is 2.04 bits per heavy atom. The molecule has 0 saturated carbocycles. The van der Waals surface area contributed by atoms with Crippen molar-refractivity contribution in [3.05, 3.63) is 70.2 Å². The summed E-state index contributed by atoms with van der Waals surface area (Å²) in [6.07, 6.45) is 1.85. The third-order valence-electron chi connectivity index (χ3n) is 5.04. The van der Waals surface area contributed by atoms with E-state index in [2.05, 4.69) is 22.5 Å². The number of methoxy groups -OCH3 is 1. The molecule has 0 bridgehead atoms. The Labute approximate surface area is 178 Å². The number of hydrogen-bond donors (Lipinski definition) is 0. The number of nitrogens with zero attached hydrogens (tertiary/aromatic N) is 2. The number of allylic oxidation sites excluding steroid dienone is 1. The first-order valence-corrected chi connectivity index (χ1v) is 10.5. The van der Waals surface area contributed by atoms with Crippen LogP contribution in [0.1, 0.15) is 23.4 Å². The summed E-state index contributed by atoms with van der Waals surface area (Å²) in [6, 6.07) is 13.8. The van der Waals surface area contributed by atoms with Crippen LogP contribution in [-0.2, 0) is 10.2 Å². The standard InChI is InChI=1S/C22H23BrN2O2S/c1-6-22(2,14-11-12-17(27-5)15(23)13-14)19(21(26)25(3)4)20-24-16-9-7-8-10-18(16)28-20/h6-13,19H,1H2,2-5H3/t19-,22+/m1/s1. The average molecular weight is 459 g/mol. The number of thiazole rings is 1. The van der Waals surface area contributed by atoms with E-state index >= 15 is 0 Å². The fraction of sp³-hybridized carbons (Fsp3) is 0.273. The molecule has 0 fully saturated rings. The normalized spacial score (nSPS) is 14.3. The number of halogens is 1. The topological polar surface area (TPSA) is 42.4 Å². The van der Waals surface area contributed by atoms with Crippen LogP contribution in [0.2, 0.25) is 0 Å². The van der Waals surface area contributed by atoms with E-state index in [0.29, 0.717) is 0 Å². The molecular formula is C22H23BrN2O2S. The van der Waals surface area contributed by atoms with E-state index in [9.17, 15) is 4.79 Å². The summed E-state index contributed by atoms with van der Waals surface area (Å²) in [4.78, 5) is 19.7.